The molecule has 33 heavy (non-hydrogen) atoms. The molecule has 4 heterocycles. The Labute approximate surface area is 190 Å². The van der Waals surface area contributed by atoms with Gasteiger partial charge in [0.25, 0.3) is 5.91 Å². The number of nitrogens with zero attached hydrogens (tertiary/aromatic N) is 5. The Morgan fingerprint density at radius 1 is 1.18 bits per heavy atom. The number of aromatic nitrogens is 5. The van der Waals surface area contributed by atoms with Gasteiger partial charge in [-0.1, -0.05) is 12.1 Å². The quantitative estimate of drug-likeness (QED) is 0.428. The summed E-state index contributed by atoms with van der Waals surface area (Å²) in [7, 11) is 1.55. The summed E-state index contributed by atoms with van der Waals surface area (Å²) >= 11 is 0. The molecule has 0 bridgehead atoms. The van der Waals surface area contributed by atoms with E-state index < -0.39 is 0 Å². The van der Waals surface area contributed by atoms with Crippen LogP contribution in [0.1, 0.15) is 29.4 Å². The van der Waals surface area contributed by atoms with E-state index in [1.54, 1.807) is 37.6 Å². The fourth-order valence-corrected chi connectivity index (χ4v) is 4.13. The number of nitrogens with one attached hydrogen (secondary N) is 2. The minimum absolute atomic E-state index is 0.232. The van der Waals surface area contributed by atoms with E-state index in [0.717, 1.165) is 37.1 Å². The topological polar surface area (TPSA) is 133 Å². The number of ether oxygens (including phenoxy) is 1. The van der Waals surface area contributed by atoms with Gasteiger partial charge in [0.1, 0.15) is 29.3 Å². The van der Waals surface area contributed by atoms with Crippen LogP contribution in [0, 0.1) is 0 Å². The highest BCUT2D eigenvalue weighted by molar-refractivity contribution is 6.04. The van der Waals surface area contributed by atoms with Crippen molar-refractivity contribution in [1.29, 1.82) is 0 Å². The number of carbonyl (C=O) groups is 1. The van der Waals surface area contributed by atoms with E-state index in [1.807, 2.05) is 16.8 Å². The van der Waals surface area contributed by atoms with Crippen LogP contribution in [0.5, 0.6) is 5.75 Å². The average Bonchev–Trinajstić information content (AvgIpc) is 3.26. The van der Waals surface area contributed by atoms with E-state index >= 15 is 0 Å². The van der Waals surface area contributed by atoms with Gasteiger partial charge in [-0.2, -0.15) is 5.10 Å². The van der Waals surface area contributed by atoms with Crippen molar-refractivity contribution in [3.8, 4) is 17.0 Å². The molecule has 5 rings (SSSR count). The summed E-state index contributed by atoms with van der Waals surface area (Å²) in [6.07, 6.45) is 4.97. The Morgan fingerprint density at radius 2 is 2.03 bits per heavy atom. The normalized spacial score (nSPS) is 14.3. The molecule has 3 aromatic heterocycles. The number of nitrogen functional groups attached to an aromatic ring is 1. The first-order chi connectivity index (χ1) is 16.2. The number of rotatable bonds is 5. The number of carbonyl (C=O) groups excluding carboxylic acids is 1. The lowest BCUT2D eigenvalue weighted by atomic mass is 10.1. The van der Waals surface area contributed by atoms with Gasteiger partial charge < -0.3 is 21.1 Å². The van der Waals surface area contributed by atoms with Gasteiger partial charge in [0.05, 0.1) is 24.2 Å². The van der Waals surface area contributed by atoms with Crippen molar-refractivity contribution in [2.75, 3.05) is 31.2 Å². The third-order valence-electron chi connectivity index (χ3n) is 5.79. The molecule has 0 radical (unpaired) electrons. The standard InChI is InChI=1S/C23H24N8O2/c1-33-18-12-14(5-6-16(18)29-23(32)17-4-2-3-9-26-17)20-19-21(24)27-13-28-22(19)31(30-20)15-7-10-25-11-8-15/h2-6,9,12-13,15,25H,7-8,10-11H2,1H3,(H,29,32)(H2,24,27,28). The highest BCUT2D eigenvalue weighted by Gasteiger charge is 2.24. The van der Waals surface area contributed by atoms with Crippen LogP contribution in [0.15, 0.2) is 48.9 Å². The van der Waals surface area contributed by atoms with Gasteiger partial charge in [-0.15, -0.1) is 0 Å². The lowest BCUT2D eigenvalue weighted by Gasteiger charge is -2.23. The summed E-state index contributed by atoms with van der Waals surface area (Å²) in [5.41, 5.74) is 9.30. The Kier molecular flexibility index (Phi) is 5.57. The monoisotopic (exact) mass is 444 g/mol. The van der Waals surface area contributed by atoms with Gasteiger partial charge >= 0.3 is 0 Å². The fourth-order valence-electron chi connectivity index (χ4n) is 4.13. The first kappa shape index (κ1) is 20.8. The predicted octanol–water partition coefficient (Wildman–Crippen LogP) is 2.66. The van der Waals surface area contributed by atoms with E-state index in [2.05, 4.69) is 25.6 Å². The zero-order chi connectivity index (χ0) is 22.8. The zero-order valence-corrected chi connectivity index (χ0v) is 18.2. The molecule has 4 aromatic rings. The van der Waals surface area contributed by atoms with Crippen LogP contribution < -0.4 is 21.1 Å². The summed E-state index contributed by atoms with van der Waals surface area (Å²) < 4.78 is 7.53. The van der Waals surface area contributed by atoms with Crippen LogP contribution >= 0.6 is 0 Å². The zero-order valence-electron chi connectivity index (χ0n) is 18.2. The smallest absolute Gasteiger partial charge is 0.274 e. The van der Waals surface area contributed by atoms with Gasteiger partial charge in [-0.05, 0) is 50.2 Å². The molecule has 0 unspecified atom stereocenters. The Hall–Kier alpha value is -4.05. The molecule has 1 aliphatic heterocycles. The lowest BCUT2D eigenvalue weighted by Crippen LogP contribution is -2.30. The number of fused-ring (bicyclic) bond motifs is 1. The minimum atomic E-state index is -0.320. The third-order valence-corrected chi connectivity index (χ3v) is 5.79. The highest BCUT2D eigenvalue weighted by atomic mass is 16.5. The van der Waals surface area contributed by atoms with E-state index in [0.29, 0.717) is 34.0 Å². The maximum atomic E-state index is 12.6. The van der Waals surface area contributed by atoms with Gasteiger partial charge in [0.15, 0.2) is 5.65 Å². The molecule has 0 spiro atoms. The third kappa shape index (κ3) is 3.96. The molecule has 1 aromatic carbocycles. The number of hydrogen-bond acceptors (Lipinski definition) is 8. The molecule has 4 N–H and O–H groups in total. The van der Waals surface area contributed by atoms with Gasteiger partial charge in [0.2, 0.25) is 0 Å². The second kappa shape index (κ2) is 8.83. The van der Waals surface area contributed by atoms with Crippen molar-refractivity contribution >= 4 is 28.4 Å². The van der Waals surface area contributed by atoms with Gasteiger partial charge in [-0.25, -0.2) is 14.6 Å². The molecule has 1 saturated heterocycles. The molecular formula is C23H24N8O2. The van der Waals surface area contributed by atoms with Crippen molar-refractivity contribution < 1.29 is 9.53 Å². The molecule has 10 nitrogen and oxygen atoms in total. The number of anilines is 2. The van der Waals surface area contributed by atoms with Crippen LogP contribution in [0.25, 0.3) is 22.3 Å². The Morgan fingerprint density at radius 3 is 2.79 bits per heavy atom. The molecule has 168 valence electrons. The largest absolute Gasteiger partial charge is 0.495 e. The molecule has 10 heteroatoms. The summed E-state index contributed by atoms with van der Waals surface area (Å²) in [5.74, 6) is 0.554. The van der Waals surface area contributed by atoms with E-state index in [-0.39, 0.29) is 11.9 Å². The van der Waals surface area contributed by atoms with Crippen molar-refractivity contribution in [3.63, 3.8) is 0 Å². The predicted molar refractivity (Wildman–Crippen MR) is 125 cm³/mol. The number of amides is 1. The minimum Gasteiger partial charge on any atom is -0.495 e. The molecule has 1 aliphatic rings. The van der Waals surface area contributed by atoms with Crippen LogP contribution in [-0.2, 0) is 0 Å². The van der Waals surface area contributed by atoms with E-state index in [1.165, 1.54) is 6.33 Å². The summed E-state index contributed by atoms with van der Waals surface area (Å²) in [6.45, 7) is 1.86. The maximum absolute atomic E-state index is 12.6. The number of piperidine rings is 1. The fraction of sp³-hybridized carbons (Fsp3) is 0.261. The summed E-state index contributed by atoms with van der Waals surface area (Å²) in [6, 6.07) is 10.9. The van der Waals surface area contributed by atoms with Crippen molar-refractivity contribution in [3.05, 3.63) is 54.6 Å². The SMILES string of the molecule is COc1cc(-c2nn(C3CCNCC3)c3ncnc(N)c23)ccc1NC(=O)c1ccccn1. The van der Waals surface area contributed by atoms with Crippen molar-refractivity contribution in [1.82, 2.24) is 30.0 Å². The van der Waals surface area contributed by atoms with E-state index in [9.17, 15) is 4.79 Å². The van der Waals surface area contributed by atoms with Crippen LogP contribution in [0.3, 0.4) is 0 Å². The Bertz CT molecular complexity index is 1300. The highest BCUT2D eigenvalue weighted by Crippen LogP contribution is 2.36. The van der Waals surface area contributed by atoms with E-state index in [4.69, 9.17) is 15.6 Å². The Balaban J connectivity index is 1.54. The summed E-state index contributed by atoms with van der Waals surface area (Å²) in [5, 5.41) is 11.9. The van der Waals surface area contributed by atoms with Crippen molar-refractivity contribution in [2.45, 2.75) is 18.9 Å². The van der Waals surface area contributed by atoms with Crippen molar-refractivity contribution in [2.24, 2.45) is 0 Å². The molecule has 0 atom stereocenters. The number of hydrogen-bond donors (Lipinski definition) is 3. The first-order valence-corrected chi connectivity index (χ1v) is 10.8. The molecule has 1 fully saturated rings. The lowest BCUT2D eigenvalue weighted by molar-refractivity contribution is 0.102. The molecular weight excluding hydrogens is 420 g/mol. The molecule has 0 saturated carbocycles. The van der Waals surface area contributed by atoms with Crippen LogP contribution in [0.2, 0.25) is 0 Å². The van der Waals surface area contributed by atoms with Crippen LogP contribution in [0.4, 0.5) is 11.5 Å². The molecule has 1 amide bonds. The number of nitrogens with two attached hydrogens (primary N) is 1. The van der Waals surface area contributed by atoms with Crippen LogP contribution in [-0.4, -0.2) is 50.8 Å². The number of benzene rings is 1. The second-order valence-corrected chi connectivity index (χ2v) is 7.82. The molecule has 0 aliphatic carbocycles. The van der Waals surface area contributed by atoms with Gasteiger partial charge in [0, 0.05) is 11.8 Å². The second-order valence-electron chi connectivity index (χ2n) is 7.82. The number of methoxy groups -OCH3 is 1. The summed E-state index contributed by atoms with van der Waals surface area (Å²) in [4.78, 5) is 25.3. The number of pyridine rings is 1. The maximum Gasteiger partial charge on any atom is 0.274 e. The van der Waals surface area contributed by atoms with Gasteiger partial charge in [-0.3, -0.25) is 9.78 Å². The average molecular weight is 444 g/mol. The first-order valence-electron chi connectivity index (χ1n) is 10.8.